The van der Waals surface area contributed by atoms with Crippen molar-refractivity contribution in [3.05, 3.63) is 29.3 Å². The molecule has 3 rings (SSSR count). The van der Waals surface area contributed by atoms with E-state index in [-0.39, 0.29) is 16.0 Å². The Morgan fingerprint density at radius 2 is 2.14 bits per heavy atom. The van der Waals surface area contributed by atoms with Crippen LogP contribution in [0.1, 0.15) is 19.8 Å². The maximum absolute atomic E-state index is 12.6. The summed E-state index contributed by atoms with van der Waals surface area (Å²) in [4.78, 5) is 0.156. The third-order valence-electron chi connectivity index (χ3n) is 4.23. The first-order valence-corrected chi connectivity index (χ1v) is 9.29. The molecule has 0 radical (unpaired) electrons. The summed E-state index contributed by atoms with van der Waals surface area (Å²) in [5, 5.41) is 0.250. The minimum Gasteiger partial charge on any atom is -0.378 e. The van der Waals surface area contributed by atoms with Gasteiger partial charge in [-0.25, -0.2) is 8.42 Å². The number of nitrogens with zero attached hydrogens (tertiary/aromatic N) is 1. The summed E-state index contributed by atoms with van der Waals surface area (Å²) in [7, 11) is -3.56. The molecule has 1 aromatic rings. The summed E-state index contributed by atoms with van der Waals surface area (Å²) in [5.74, 6) is 0. The second-order valence-corrected chi connectivity index (χ2v) is 8.12. The van der Waals surface area contributed by atoms with Crippen LogP contribution >= 0.6 is 11.6 Å². The Morgan fingerprint density at radius 1 is 1.41 bits per heavy atom. The quantitative estimate of drug-likeness (QED) is 0.840. The van der Waals surface area contributed by atoms with Gasteiger partial charge in [0.15, 0.2) is 0 Å². The lowest BCUT2D eigenvalue weighted by atomic mass is 9.86. The lowest BCUT2D eigenvalue weighted by molar-refractivity contribution is -0.177. The smallest absolute Gasteiger partial charge is 0.244 e. The zero-order valence-electron chi connectivity index (χ0n) is 12.5. The first-order valence-electron chi connectivity index (χ1n) is 7.47. The molecule has 1 spiro atoms. The standard InChI is InChI=1S/C15H20ClNO4S/c1-2-20-12-7-8-21-15(9-12)10-17(11-15)22(18,19)14-6-4-3-5-13(14)16/h3-6,12H,2,7-11H2,1H3. The second kappa shape index (κ2) is 6.09. The third kappa shape index (κ3) is 2.90. The number of benzene rings is 1. The van der Waals surface area contributed by atoms with Crippen molar-refractivity contribution in [3.63, 3.8) is 0 Å². The van der Waals surface area contributed by atoms with E-state index in [2.05, 4.69) is 0 Å². The first-order chi connectivity index (χ1) is 10.5. The van der Waals surface area contributed by atoms with Gasteiger partial charge in [-0.15, -0.1) is 0 Å². The molecule has 1 aromatic carbocycles. The monoisotopic (exact) mass is 345 g/mol. The van der Waals surface area contributed by atoms with E-state index in [0.29, 0.717) is 26.3 Å². The average Bonchev–Trinajstić information content (AvgIpc) is 2.45. The van der Waals surface area contributed by atoms with Crippen molar-refractivity contribution in [2.45, 2.75) is 36.4 Å². The van der Waals surface area contributed by atoms with E-state index in [1.807, 2.05) is 6.92 Å². The molecule has 22 heavy (non-hydrogen) atoms. The van der Waals surface area contributed by atoms with Crippen molar-refractivity contribution in [2.75, 3.05) is 26.3 Å². The summed E-state index contributed by atoms with van der Waals surface area (Å²) in [6.07, 6.45) is 1.77. The van der Waals surface area contributed by atoms with Crippen molar-refractivity contribution < 1.29 is 17.9 Å². The molecular weight excluding hydrogens is 326 g/mol. The van der Waals surface area contributed by atoms with Crippen LogP contribution < -0.4 is 0 Å². The molecule has 0 amide bonds. The summed E-state index contributed by atoms with van der Waals surface area (Å²) in [6.45, 7) is 3.98. The molecule has 5 nitrogen and oxygen atoms in total. The number of ether oxygens (including phenoxy) is 2. The Kier molecular flexibility index (Phi) is 4.49. The van der Waals surface area contributed by atoms with Crippen LogP contribution in [0.25, 0.3) is 0 Å². The van der Waals surface area contributed by atoms with Crippen LogP contribution in [0, 0.1) is 0 Å². The fourth-order valence-electron chi connectivity index (χ4n) is 3.14. The molecule has 0 aliphatic carbocycles. The molecule has 1 unspecified atom stereocenters. The molecule has 0 N–H and O–H groups in total. The van der Waals surface area contributed by atoms with Crippen LogP contribution in [-0.4, -0.2) is 50.7 Å². The molecule has 1 atom stereocenters. The van der Waals surface area contributed by atoms with Gasteiger partial charge in [0, 0.05) is 32.7 Å². The van der Waals surface area contributed by atoms with Crippen LogP contribution in [0.3, 0.4) is 0 Å². The highest BCUT2D eigenvalue weighted by molar-refractivity contribution is 7.89. The van der Waals surface area contributed by atoms with Gasteiger partial charge in [0.1, 0.15) is 4.90 Å². The molecule has 2 aliphatic rings. The van der Waals surface area contributed by atoms with E-state index in [9.17, 15) is 8.42 Å². The predicted octanol–water partition coefficient (Wildman–Crippen LogP) is 2.30. The van der Waals surface area contributed by atoms with E-state index in [1.54, 1.807) is 18.2 Å². The van der Waals surface area contributed by atoms with E-state index in [4.69, 9.17) is 21.1 Å². The minimum atomic E-state index is -3.56. The molecule has 2 heterocycles. The molecule has 2 saturated heterocycles. The van der Waals surface area contributed by atoms with Crippen LogP contribution in [0.15, 0.2) is 29.2 Å². The Hall–Kier alpha value is -0.660. The molecule has 2 aliphatic heterocycles. The highest BCUT2D eigenvalue weighted by Crippen LogP contribution is 2.39. The Balaban J connectivity index is 1.71. The van der Waals surface area contributed by atoms with Gasteiger partial charge in [0.25, 0.3) is 0 Å². The lowest BCUT2D eigenvalue weighted by Crippen LogP contribution is -2.67. The molecular formula is C15H20ClNO4S. The van der Waals surface area contributed by atoms with Crippen LogP contribution in [0.4, 0.5) is 0 Å². The van der Waals surface area contributed by atoms with Crippen molar-refractivity contribution in [1.29, 1.82) is 0 Å². The lowest BCUT2D eigenvalue weighted by Gasteiger charge is -2.52. The topological polar surface area (TPSA) is 55.8 Å². The molecule has 0 aromatic heterocycles. The van der Waals surface area contributed by atoms with Gasteiger partial charge in [-0.1, -0.05) is 23.7 Å². The average molecular weight is 346 g/mol. The highest BCUT2D eigenvalue weighted by atomic mass is 35.5. The molecule has 122 valence electrons. The van der Waals surface area contributed by atoms with Crippen molar-refractivity contribution in [1.82, 2.24) is 4.31 Å². The number of rotatable bonds is 4. The first kappa shape index (κ1) is 16.2. The molecule has 0 saturated carbocycles. The minimum absolute atomic E-state index is 0.156. The van der Waals surface area contributed by atoms with Gasteiger partial charge < -0.3 is 9.47 Å². The fraction of sp³-hybridized carbons (Fsp3) is 0.600. The zero-order valence-corrected chi connectivity index (χ0v) is 14.1. The maximum Gasteiger partial charge on any atom is 0.244 e. The van der Waals surface area contributed by atoms with Gasteiger partial charge in [-0.3, -0.25) is 0 Å². The van der Waals surface area contributed by atoms with Gasteiger partial charge in [0.2, 0.25) is 10.0 Å². The van der Waals surface area contributed by atoms with E-state index in [0.717, 1.165) is 12.8 Å². The largest absolute Gasteiger partial charge is 0.378 e. The summed E-state index contributed by atoms with van der Waals surface area (Å²) in [5.41, 5.74) is -0.396. The fourth-order valence-corrected chi connectivity index (χ4v) is 5.22. The summed E-state index contributed by atoms with van der Waals surface area (Å²) >= 11 is 6.02. The second-order valence-electron chi connectivity index (χ2n) is 5.81. The van der Waals surface area contributed by atoms with E-state index < -0.39 is 15.6 Å². The van der Waals surface area contributed by atoms with Crippen molar-refractivity contribution >= 4 is 21.6 Å². The van der Waals surface area contributed by atoms with Gasteiger partial charge >= 0.3 is 0 Å². The Labute approximate surface area is 136 Å². The van der Waals surface area contributed by atoms with Gasteiger partial charge in [-0.2, -0.15) is 4.31 Å². The number of sulfonamides is 1. The summed E-state index contributed by atoms with van der Waals surface area (Å²) < 4.78 is 38.2. The van der Waals surface area contributed by atoms with Crippen LogP contribution in [-0.2, 0) is 19.5 Å². The third-order valence-corrected chi connectivity index (χ3v) is 6.53. The number of hydrogen-bond donors (Lipinski definition) is 0. The Bertz CT molecular complexity index is 641. The number of halogens is 1. The van der Waals surface area contributed by atoms with Crippen LogP contribution in [0.2, 0.25) is 5.02 Å². The molecule has 0 bridgehead atoms. The van der Waals surface area contributed by atoms with E-state index >= 15 is 0 Å². The van der Waals surface area contributed by atoms with Crippen molar-refractivity contribution in [3.8, 4) is 0 Å². The normalized spacial score (nSPS) is 25.1. The maximum atomic E-state index is 12.6. The Morgan fingerprint density at radius 3 is 2.82 bits per heavy atom. The molecule has 2 fully saturated rings. The zero-order chi connectivity index (χ0) is 15.8. The summed E-state index contributed by atoms with van der Waals surface area (Å²) in [6, 6.07) is 6.52. The van der Waals surface area contributed by atoms with Crippen molar-refractivity contribution in [2.24, 2.45) is 0 Å². The highest BCUT2D eigenvalue weighted by Gasteiger charge is 2.52. The number of hydrogen-bond acceptors (Lipinski definition) is 4. The SMILES string of the molecule is CCOC1CCOC2(C1)CN(S(=O)(=O)c1ccccc1Cl)C2. The van der Waals surface area contributed by atoms with Gasteiger partial charge in [-0.05, 0) is 25.5 Å². The molecule has 7 heteroatoms. The van der Waals surface area contributed by atoms with Crippen LogP contribution in [0.5, 0.6) is 0 Å². The van der Waals surface area contributed by atoms with E-state index in [1.165, 1.54) is 10.4 Å². The van der Waals surface area contributed by atoms with Gasteiger partial charge in [0.05, 0.1) is 16.7 Å². The predicted molar refractivity (Wildman–Crippen MR) is 83.5 cm³/mol.